The lowest BCUT2D eigenvalue weighted by molar-refractivity contribution is 0.308. The molecule has 0 spiro atoms. The summed E-state index contributed by atoms with van der Waals surface area (Å²) < 4.78 is 5.89. The van der Waals surface area contributed by atoms with Gasteiger partial charge in [0.05, 0.1) is 23.8 Å². The Morgan fingerprint density at radius 2 is 2.04 bits per heavy atom. The fourth-order valence-electron chi connectivity index (χ4n) is 3.54. The van der Waals surface area contributed by atoms with Gasteiger partial charge in [-0.25, -0.2) is 4.98 Å². The van der Waals surface area contributed by atoms with Crippen molar-refractivity contribution in [3.8, 4) is 16.9 Å². The molecule has 124 valence electrons. The molecule has 0 radical (unpaired) electrons. The number of imidazole rings is 1. The van der Waals surface area contributed by atoms with Crippen LogP contribution in [0.25, 0.3) is 22.2 Å². The first-order valence-corrected chi connectivity index (χ1v) is 8.56. The van der Waals surface area contributed by atoms with E-state index in [4.69, 9.17) is 9.72 Å². The molecule has 5 nitrogen and oxygen atoms in total. The Bertz CT molecular complexity index is 1020. The molecule has 0 fully saturated rings. The van der Waals surface area contributed by atoms with Crippen LogP contribution in [0.3, 0.4) is 0 Å². The molecular formula is C20H18N4O. The fourth-order valence-corrected chi connectivity index (χ4v) is 3.54. The van der Waals surface area contributed by atoms with Crippen LogP contribution in [0.2, 0.25) is 0 Å². The van der Waals surface area contributed by atoms with Crippen LogP contribution in [0, 0.1) is 0 Å². The third-order valence-corrected chi connectivity index (χ3v) is 4.88. The van der Waals surface area contributed by atoms with Gasteiger partial charge in [-0.1, -0.05) is 24.3 Å². The lowest BCUT2D eigenvalue weighted by Gasteiger charge is -2.10. The average molecular weight is 330 g/mol. The highest BCUT2D eigenvalue weighted by atomic mass is 16.5. The van der Waals surface area contributed by atoms with Gasteiger partial charge < -0.3 is 9.72 Å². The molecule has 2 aromatic heterocycles. The quantitative estimate of drug-likeness (QED) is 0.582. The summed E-state index contributed by atoms with van der Waals surface area (Å²) >= 11 is 0. The summed E-state index contributed by atoms with van der Waals surface area (Å²) in [6.07, 6.45) is 5.64. The van der Waals surface area contributed by atoms with Gasteiger partial charge in [0.15, 0.2) is 0 Å². The van der Waals surface area contributed by atoms with Crippen LogP contribution in [0.15, 0.2) is 54.9 Å². The van der Waals surface area contributed by atoms with E-state index in [1.165, 1.54) is 5.56 Å². The number of fused-ring (bicyclic) bond motifs is 2. The van der Waals surface area contributed by atoms with Crippen molar-refractivity contribution in [3.05, 3.63) is 66.2 Å². The molecule has 0 saturated carbocycles. The monoisotopic (exact) mass is 330 g/mol. The van der Waals surface area contributed by atoms with Gasteiger partial charge in [-0.2, -0.15) is 5.10 Å². The molecule has 2 N–H and O–H groups in total. The molecule has 5 heteroatoms. The van der Waals surface area contributed by atoms with Crippen molar-refractivity contribution in [2.45, 2.75) is 18.8 Å². The van der Waals surface area contributed by atoms with E-state index in [0.717, 1.165) is 53.2 Å². The predicted octanol–water partition coefficient (Wildman–Crippen LogP) is 4.06. The van der Waals surface area contributed by atoms with E-state index in [2.05, 4.69) is 45.5 Å². The number of aromatic amines is 2. The highest BCUT2D eigenvalue weighted by Crippen LogP contribution is 2.32. The fraction of sp³-hybridized carbons (Fsp3) is 0.200. The van der Waals surface area contributed by atoms with E-state index in [1.807, 2.05) is 24.5 Å². The first kappa shape index (κ1) is 14.3. The summed E-state index contributed by atoms with van der Waals surface area (Å²) in [5.74, 6) is 2.39. The van der Waals surface area contributed by atoms with E-state index in [0.29, 0.717) is 5.92 Å². The van der Waals surface area contributed by atoms with Crippen molar-refractivity contribution in [1.29, 1.82) is 0 Å². The lowest BCUT2D eigenvalue weighted by atomic mass is 9.96. The van der Waals surface area contributed by atoms with Gasteiger partial charge in [0, 0.05) is 17.7 Å². The number of para-hydroxylation sites is 1. The van der Waals surface area contributed by atoms with Crippen LogP contribution in [0.4, 0.5) is 0 Å². The Labute approximate surface area is 145 Å². The van der Waals surface area contributed by atoms with E-state index in [9.17, 15) is 0 Å². The number of rotatable bonds is 2. The van der Waals surface area contributed by atoms with Gasteiger partial charge in [0.2, 0.25) is 0 Å². The third kappa shape index (κ3) is 2.58. The zero-order valence-corrected chi connectivity index (χ0v) is 13.7. The van der Waals surface area contributed by atoms with Gasteiger partial charge >= 0.3 is 0 Å². The molecule has 0 amide bonds. The lowest BCUT2D eigenvalue weighted by Crippen LogP contribution is -2.05. The topological polar surface area (TPSA) is 66.6 Å². The smallest absolute Gasteiger partial charge is 0.122 e. The van der Waals surface area contributed by atoms with Crippen LogP contribution < -0.4 is 4.74 Å². The molecule has 0 saturated heterocycles. The second-order valence-corrected chi connectivity index (χ2v) is 6.49. The van der Waals surface area contributed by atoms with Gasteiger partial charge in [0.1, 0.15) is 11.6 Å². The normalized spacial score (nSPS) is 17.0. The van der Waals surface area contributed by atoms with Crippen molar-refractivity contribution in [2.24, 2.45) is 0 Å². The molecule has 0 bridgehead atoms. The van der Waals surface area contributed by atoms with E-state index < -0.39 is 0 Å². The summed E-state index contributed by atoms with van der Waals surface area (Å²) in [6.45, 7) is 0.721. The Balaban J connectivity index is 1.50. The molecule has 5 rings (SSSR count). The first-order valence-electron chi connectivity index (χ1n) is 8.56. The average Bonchev–Trinajstić information content (AvgIpc) is 3.26. The maximum absolute atomic E-state index is 5.89. The summed E-state index contributed by atoms with van der Waals surface area (Å²) in [5, 5.41) is 6.88. The van der Waals surface area contributed by atoms with Gasteiger partial charge in [0.25, 0.3) is 0 Å². The van der Waals surface area contributed by atoms with Crippen LogP contribution in [0.1, 0.15) is 23.7 Å². The molecule has 2 aromatic carbocycles. The maximum atomic E-state index is 5.89. The maximum Gasteiger partial charge on any atom is 0.122 e. The molecule has 3 heterocycles. The van der Waals surface area contributed by atoms with E-state index >= 15 is 0 Å². The minimum atomic E-state index is 0.341. The second kappa shape index (κ2) is 5.77. The standard InChI is InChI=1S/C20H18N4O/c1-2-4-19-14(3-1)9-15(7-8-25-19)20-23-17-6-5-13(10-18(17)24-20)16-11-21-22-12-16/h1-6,10-12,15H,7-9H2,(H,21,22)(H,23,24). The predicted molar refractivity (Wildman–Crippen MR) is 96.7 cm³/mol. The summed E-state index contributed by atoms with van der Waals surface area (Å²) in [7, 11) is 0. The van der Waals surface area contributed by atoms with E-state index in [-0.39, 0.29) is 0 Å². The number of aromatic nitrogens is 4. The number of nitrogens with one attached hydrogen (secondary N) is 2. The SMILES string of the molecule is c1ccc2c(c1)CC(c1nc3ccc(-c4cn[nH]c4)cc3[nH]1)CCO2. The number of benzene rings is 2. The van der Waals surface area contributed by atoms with Gasteiger partial charge in [-0.15, -0.1) is 0 Å². The Morgan fingerprint density at radius 3 is 2.96 bits per heavy atom. The highest BCUT2D eigenvalue weighted by Gasteiger charge is 2.21. The second-order valence-electron chi connectivity index (χ2n) is 6.49. The van der Waals surface area contributed by atoms with Crippen LogP contribution >= 0.6 is 0 Å². The summed E-state index contributed by atoms with van der Waals surface area (Å²) in [6, 6.07) is 14.6. The zero-order valence-electron chi connectivity index (χ0n) is 13.7. The van der Waals surface area contributed by atoms with Crippen molar-refractivity contribution >= 4 is 11.0 Å². The van der Waals surface area contributed by atoms with Crippen molar-refractivity contribution in [1.82, 2.24) is 20.2 Å². The van der Waals surface area contributed by atoms with Gasteiger partial charge in [-0.05, 0) is 42.2 Å². The van der Waals surface area contributed by atoms with Crippen molar-refractivity contribution in [3.63, 3.8) is 0 Å². The van der Waals surface area contributed by atoms with Crippen LogP contribution in [-0.4, -0.2) is 26.8 Å². The minimum absolute atomic E-state index is 0.341. The largest absolute Gasteiger partial charge is 0.493 e. The first-order chi connectivity index (χ1) is 12.4. The number of hydrogen-bond donors (Lipinski definition) is 2. The van der Waals surface area contributed by atoms with E-state index in [1.54, 1.807) is 0 Å². The number of ether oxygens (including phenoxy) is 1. The Morgan fingerprint density at radius 1 is 1.08 bits per heavy atom. The molecular weight excluding hydrogens is 312 g/mol. The van der Waals surface area contributed by atoms with Crippen molar-refractivity contribution < 1.29 is 4.74 Å². The van der Waals surface area contributed by atoms with Crippen molar-refractivity contribution in [2.75, 3.05) is 6.61 Å². The molecule has 4 aromatic rings. The minimum Gasteiger partial charge on any atom is -0.493 e. The highest BCUT2D eigenvalue weighted by molar-refractivity contribution is 5.81. The molecule has 1 unspecified atom stereocenters. The molecule has 1 atom stereocenters. The number of nitrogens with zero attached hydrogens (tertiary/aromatic N) is 2. The number of hydrogen-bond acceptors (Lipinski definition) is 3. The Kier molecular flexibility index (Phi) is 3.30. The van der Waals surface area contributed by atoms with Crippen LogP contribution in [0.5, 0.6) is 5.75 Å². The zero-order chi connectivity index (χ0) is 16.6. The molecule has 25 heavy (non-hydrogen) atoms. The van der Waals surface area contributed by atoms with Gasteiger partial charge in [-0.3, -0.25) is 5.10 Å². The Hall–Kier alpha value is -3.08. The third-order valence-electron chi connectivity index (χ3n) is 4.88. The molecule has 0 aliphatic carbocycles. The summed E-state index contributed by atoms with van der Waals surface area (Å²) in [5.41, 5.74) is 5.53. The molecule has 1 aliphatic rings. The molecule has 1 aliphatic heterocycles. The summed E-state index contributed by atoms with van der Waals surface area (Å²) in [4.78, 5) is 8.37. The van der Waals surface area contributed by atoms with Crippen LogP contribution in [-0.2, 0) is 6.42 Å². The number of H-pyrrole nitrogens is 2.